The Hall–Kier alpha value is -3.70. The molecule has 3 heterocycles. The average molecular weight is 478 g/mol. The molecule has 33 heavy (non-hydrogen) atoms. The van der Waals surface area contributed by atoms with Gasteiger partial charge in [-0.2, -0.15) is 0 Å². The number of rotatable bonds is 4. The van der Waals surface area contributed by atoms with Crippen LogP contribution in [0.3, 0.4) is 0 Å². The highest BCUT2D eigenvalue weighted by molar-refractivity contribution is 8.01. The van der Waals surface area contributed by atoms with Crippen molar-refractivity contribution in [1.29, 1.82) is 0 Å². The van der Waals surface area contributed by atoms with Crippen molar-refractivity contribution in [2.24, 2.45) is 9.98 Å². The van der Waals surface area contributed by atoms with E-state index in [2.05, 4.69) is 48.0 Å². The highest BCUT2D eigenvalue weighted by Gasteiger charge is 2.38. The number of thiocarbonyl (C=S) groups is 1. The third kappa shape index (κ3) is 4.59. The van der Waals surface area contributed by atoms with Crippen LogP contribution in [0.5, 0.6) is 11.5 Å². The topological polar surface area (TPSA) is 127 Å². The first-order valence-electron chi connectivity index (χ1n) is 10.1. The molecule has 0 fully saturated rings. The molecule has 5 rings (SSSR count). The monoisotopic (exact) mass is 477 g/mol. The summed E-state index contributed by atoms with van der Waals surface area (Å²) in [5.41, 5.74) is 2.61. The zero-order valence-electron chi connectivity index (χ0n) is 17.1. The Balaban J connectivity index is 1.17. The Morgan fingerprint density at radius 2 is 1.88 bits per heavy atom. The van der Waals surface area contributed by atoms with Gasteiger partial charge in [0.2, 0.25) is 5.95 Å². The van der Waals surface area contributed by atoms with E-state index in [0.717, 1.165) is 11.4 Å². The number of hydrogen-bond donors (Lipinski definition) is 5. The number of aromatic hydroxyl groups is 2. The van der Waals surface area contributed by atoms with E-state index in [9.17, 15) is 10.2 Å². The van der Waals surface area contributed by atoms with Crippen LogP contribution in [0.4, 0.5) is 11.6 Å². The van der Waals surface area contributed by atoms with Gasteiger partial charge in [-0.1, -0.05) is 24.3 Å². The maximum atomic E-state index is 9.57. The van der Waals surface area contributed by atoms with Gasteiger partial charge in [-0.15, -0.1) is 11.8 Å². The summed E-state index contributed by atoms with van der Waals surface area (Å²) in [4.78, 5) is 18.9. The number of phenolic OH excluding ortho intramolecular Hbond substituents is 2. The van der Waals surface area contributed by atoms with E-state index in [1.165, 1.54) is 22.6 Å². The van der Waals surface area contributed by atoms with Gasteiger partial charge in [0, 0.05) is 11.4 Å². The molecule has 2 aliphatic heterocycles. The fourth-order valence-electron chi connectivity index (χ4n) is 3.51. The molecule has 3 aromatic rings. The van der Waals surface area contributed by atoms with Crippen molar-refractivity contribution < 1.29 is 10.2 Å². The van der Waals surface area contributed by atoms with E-state index in [1.807, 2.05) is 12.1 Å². The summed E-state index contributed by atoms with van der Waals surface area (Å²) in [5, 5.41) is 28.7. The zero-order valence-corrected chi connectivity index (χ0v) is 18.8. The first-order chi connectivity index (χ1) is 16.1. The van der Waals surface area contributed by atoms with Gasteiger partial charge in [0.05, 0.1) is 29.4 Å². The first kappa shape index (κ1) is 21.2. The minimum absolute atomic E-state index is 0.0334. The molecule has 1 aromatic heterocycles. The number of nitrogens with zero attached hydrogens (tertiary/aromatic N) is 4. The molecule has 5 N–H and O–H groups in total. The van der Waals surface area contributed by atoms with Crippen molar-refractivity contribution in [2.75, 3.05) is 10.6 Å². The predicted molar refractivity (Wildman–Crippen MR) is 133 cm³/mol. The van der Waals surface area contributed by atoms with Crippen LogP contribution in [-0.2, 0) is 6.54 Å². The maximum Gasteiger partial charge on any atom is 0.228 e. The molecule has 166 valence electrons. The summed E-state index contributed by atoms with van der Waals surface area (Å²) in [7, 11) is 0. The molecule has 2 aliphatic rings. The quantitative estimate of drug-likeness (QED) is 0.284. The second-order valence-corrected chi connectivity index (χ2v) is 8.94. The fourth-order valence-corrected chi connectivity index (χ4v) is 5.04. The lowest BCUT2D eigenvalue weighted by molar-refractivity contribution is 0.403. The number of aromatic nitrogens is 2. The maximum absolute atomic E-state index is 9.57. The molecule has 0 saturated heterocycles. The third-order valence-electron chi connectivity index (χ3n) is 5.11. The van der Waals surface area contributed by atoms with E-state index in [0.29, 0.717) is 23.3 Å². The third-order valence-corrected chi connectivity index (χ3v) is 6.72. The largest absolute Gasteiger partial charge is 0.504 e. The standard InChI is InChI=1S/C22H19N7O2S2/c30-15-6-5-12(7-16(15)31)8-25-22(32)28-13-9-23-21(24-10-13)29-20-19-18(26-11-27-20)14-3-1-2-4-17(14)33-19/h1-7,9-11,18-19,30-31H,8H2,(H2,25,28,32)(H,23,24,26,27,29). The summed E-state index contributed by atoms with van der Waals surface area (Å²) >= 11 is 7.04. The second kappa shape index (κ2) is 9.04. The second-order valence-electron chi connectivity index (χ2n) is 7.35. The van der Waals surface area contributed by atoms with Crippen LogP contribution in [0.1, 0.15) is 17.2 Å². The summed E-state index contributed by atoms with van der Waals surface area (Å²) in [6, 6.07) is 12.9. The van der Waals surface area contributed by atoms with Gasteiger partial charge in [0.25, 0.3) is 0 Å². The molecule has 2 atom stereocenters. The van der Waals surface area contributed by atoms with Crippen molar-refractivity contribution >= 4 is 52.9 Å². The Bertz CT molecular complexity index is 1260. The number of fused-ring (bicyclic) bond motifs is 3. The Labute approximate surface area is 199 Å². The summed E-state index contributed by atoms with van der Waals surface area (Å²) in [6.45, 7) is 0.379. The number of aliphatic imine (C=N–C) groups is 2. The van der Waals surface area contributed by atoms with Gasteiger partial charge < -0.3 is 26.2 Å². The van der Waals surface area contributed by atoms with E-state index < -0.39 is 0 Å². The highest BCUT2D eigenvalue weighted by atomic mass is 32.2. The van der Waals surface area contributed by atoms with Crippen molar-refractivity contribution in [3.05, 3.63) is 66.0 Å². The molecule has 0 saturated carbocycles. The molecule has 2 aromatic carbocycles. The predicted octanol–water partition coefficient (Wildman–Crippen LogP) is 3.44. The minimum Gasteiger partial charge on any atom is -0.504 e. The van der Waals surface area contributed by atoms with Crippen molar-refractivity contribution in [1.82, 2.24) is 15.3 Å². The van der Waals surface area contributed by atoms with Gasteiger partial charge >= 0.3 is 0 Å². The van der Waals surface area contributed by atoms with Crippen LogP contribution in [0, 0.1) is 0 Å². The molecule has 9 nitrogen and oxygen atoms in total. The summed E-state index contributed by atoms with van der Waals surface area (Å²) in [5.74, 6) is 0.864. The number of amidine groups is 1. The Morgan fingerprint density at radius 3 is 2.70 bits per heavy atom. The Kier molecular flexibility index (Phi) is 5.80. The molecule has 0 aliphatic carbocycles. The lowest BCUT2D eigenvalue weighted by atomic mass is 10.0. The zero-order chi connectivity index (χ0) is 22.8. The first-order valence-corrected chi connectivity index (χ1v) is 11.4. The fraction of sp³-hybridized carbons (Fsp3) is 0.136. The van der Waals surface area contributed by atoms with Crippen LogP contribution < -0.4 is 16.0 Å². The van der Waals surface area contributed by atoms with Crippen LogP contribution in [0.25, 0.3) is 0 Å². The molecule has 0 radical (unpaired) electrons. The molecule has 0 amide bonds. The van der Waals surface area contributed by atoms with E-state index in [4.69, 9.17) is 12.2 Å². The van der Waals surface area contributed by atoms with Gasteiger partial charge in [-0.3, -0.25) is 4.99 Å². The van der Waals surface area contributed by atoms with Gasteiger partial charge in [-0.05, 0) is 41.5 Å². The summed E-state index contributed by atoms with van der Waals surface area (Å²) in [6.07, 6.45) is 4.84. The molecular weight excluding hydrogens is 458 g/mol. The average Bonchev–Trinajstić information content (AvgIpc) is 3.21. The number of phenols is 2. The van der Waals surface area contributed by atoms with Crippen molar-refractivity contribution in [2.45, 2.75) is 22.7 Å². The lowest BCUT2D eigenvalue weighted by Crippen LogP contribution is -2.31. The molecule has 11 heteroatoms. The number of benzene rings is 2. The summed E-state index contributed by atoms with van der Waals surface area (Å²) < 4.78 is 0. The van der Waals surface area contributed by atoms with Crippen LogP contribution in [0.15, 0.2) is 69.7 Å². The van der Waals surface area contributed by atoms with E-state index in [-0.39, 0.29) is 22.8 Å². The molecule has 0 bridgehead atoms. The number of thioether (sulfide) groups is 1. The minimum atomic E-state index is -0.176. The van der Waals surface area contributed by atoms with Crippen LogP contribution in [0.2, 0.25) is 0 Å². The van der Waals surface area contributed by atoms with E-state index in [1.54, 1.807) is 36.6 Å². The smallest absolute Gasteiger partial charge is 0.228 e. The number of anilines is 2. The van der Waals surface area contributed by atoms with Crippen LogP contribution in [-0.4, -0.2) is 42.7 Å². The lowest BCUT2D eigenvalue weighted by Gasteiger charge is -2.21. The number of nitrogens with one attached hydrogen (secondary N) is 3. The Morgan fingerprint density at radius 1 is 1.06 bits per heavy atom. The highest BCUT2D eigenvalue weighted by Crippen LogP contribution is 2.47. The molecule has 0 spiro atoms. The van der Waals surface area contributed by atoms with Gasteiger partial charge in [0.15, 0.2) is 16.6 Å². The van der Waals surface area contributed by atoms with Gasteiger partial charge in [0.1, 0.15) is 12.2 Å². The molecular formula is C22H19N7O2S2. The molecule has 2 unspecified atom stereocenters. The van der Waals surface area contributed by atoms with Gasteiger partial charge in [-0.25, -0.2) is 15.0 Å². The SMILES string of the molecule is Oc1ccc(CNC(=S)Nc2cnc(NC3=NC=NC4c5ccccc5SC34)nc2)cc1O. The van der Waals surface area contributed by atoms with Crippen LogP contribution >= 0.6 is 24.0 Å². The van der Waals surface area contributed by atoms with E-state index >= 15 is 0 Å². The van der Waals surface area contributed by atoms with Crippen molar-refractivity contribution in [3.63, 3.8) is 0 Å². The normalized spacial score (nSPS) is 18.1. The van der Waals surface area contributed by atoms with Crippen molar-refractivity contribution in [3.8, 4) is 11.5 Å². The number of hydrogen-bond acceptors (Lipinski definition) is 9.